The Labute approximate surface area is 138 Å². The van der Waals surface area contributed by atoms with E-state index < -0.39 is 28.9 Å². The lowest BCUT2D eigenvalue weighted by Crippen LogP contribution is -2.54. The van der Waals surface area contributed by atoms with Gasteiger partial charge in [-0.25, -0.2) is 13.7 Å². The average Bonchev–Trinajstić information content (AvgIpc) is 2.55. The van der Waals surface area contributed by atoms with Crippen molar-refractivity contribution in [2.75, 3.05) is 4.90 Å². The molecule has 0 aliphatic carbocycles. The fourth-order valence-corrected chi connectivity index (χ4v) is 3.47. The molecule has 0 spiro atoms. The van der Waals surface area contributed by atoms with Gasteiger partial charge < -0.3 is 0 Å². The van der Waals surface area contributed by atoms with Crippen LogP contribution in [0.15, 0.2) is 42.5 Å². The quantitative estimate of drug-likeness (QED) is 0.791. The highest BCUT2D eigenvalue weighted by molar-refractivity contribution is 6.27. The summed E-state index contributed by atoms with van der Waals surface area (Å²) in [6, 6.07) is 9.65. The van der Waals surface area contributed by atoms with Gasteiger partial charge in [-0.1, -0.05) is 32.0 Å². The minimum absolute atomic E-state index is 0.0803. The summed E-state index contributed by atoms with van der Waals surface area (Å²) in [4.78, 5) is 26.9. The third-order valence-corrected chi connectivity index (χ3v) is 4.80. The summed E-state index contributed by atoms with van der Waals surface area (Å²) >= 11 is 0. The van der Waals surface area contributed by atoms with Gasteiger partial charge in [-0.05, 0) is 36.6 Å². The molecule has 3 nitrogen and oxygen atoms in total. The van der Waals surface area contributed by atoms with Gasteiger partial charge in [-0.2, -0.15) is 0 Å². The van der Waals surface area contributed by atoms with Crippen LogP contribution in [0.1, 0.15) is 42.6 Å². The van der Waals surface area contributed by atoms with E-state index >= 15 is 0 Å². The van der Waals surface area contributed by atoms with E-state index in [2.05, 4.69) is 0 Å². The number of anilines is 1. The average molecular weight is 329 g/mol. The SMILES string of the molecule is CCC1(CC)C(=O)N(c2cc(F)cc(F)c2)C(=O)c2ccccc21. The summed E-state index contributed by atoms with van der Waals surface area (Å²) < 4.78 is 27.2. The van der Waals surface area contributed by atoms with E-state index in [-0.39, 0.29) is 5.69 Å². The smallest absolute Gasteiger partial charge is 0.265 e. The molecule has 1 heterocycles. The van der Waals surface area contributed by atoms with E-state index in [0.29, 0.717) is 30.0 Å². The van der Waals surface area contributed by atoms with Crippen LogP contribution in [-0.4, -0.2) is 11.8 Å². The number of nitrogens with zero attached hydrogens (tertiary/aromatic N) is 1. The standard InChI is InChI=1S/C19H17F2NO2/c1-3-19(4-2)16-8-6-5-7-15(16)17(23)22(18(19)24)14-10-12(20)9-13(21)11-14/h5-11H,3-4H2,1-2H3. The van der Waals surface area contributed by atoms with Crippen molar-refractivity contribution in [3.05, 3.63) is 65.2 Å². The molecule has 0 saturated heterocycles. The Morgan fingerprint density at radius 1 is 0.958 bits per heavy atom. The number of hydrogen-bond donors (Lipinski definition) is 0. The highest BCUT2D eigenvalue weighted by atomic mass is 19.1. The molecule has 0 fully saturated rings. The second-order valence-electron chi connectivity index (χ2n) is 5.91. The first-order valence-electron chi connectivity index (χ1n) is 7.89. The summed E-state index contributed by atoms with van der Waals surface area (Å²) in [6.07, 6.45) is 0.974. The minimum Gasteiger partial charge on any atom is -0.273 e. The van der Waals surface area contributed by atoms with Gasteiger partial charge in [0.1, 0.15) is 11.6 Å². The van der Waals surface area contributed by atoms with E-state index in [1.54, 1.807) is 24.3 Å². The normalized spacial score (nSPS) is 16.2. The van der Waals surface area contributed by atoms with E-state index in [0.717, 1.165) is 17.0 Å². The monoisotopic (exact) mass is 329 g/mol. The fraction of sp³-hybridized carbons (Fsp3) is 0.263. The lowest BCUT2D eigenvalue weighted by Gasteiger charge is -2.41. The zero-order valence-electron chi connectivity index (χ0n) is 13.5. The van der Waals surface area contributed by atoms with Crippen LogP contribution in [0.4, 0.5) is 14.5 Å². The molecule has 0 radical (unpaired) electrons. The Morgan fingerprint density at radius 3 is 2.12 bits per heavy atom. The van der Waals surface area contributed by atoms with Crippen molar-refractivity contribution in [1.29, 1.82) is 0 Å². The molecule has 2 amide bonds. The summed E-state index contributed by atoms with van der Waals surface area (Å²) in [5.41, 5.74) is 0.111. The lowest BCUT2D eigenvalue weighted by molar-refractivity contribution is -0.124. The van der Waals surface area contributed by atoms with Crippen molar-refractivity contribution in [2.45, 2.75) is 32.1 Å². The Kier molecular flexibility index (Phi) is 3.95. The maximum Gasteiger partial charge on any atom is 0.265 e. The maximum atomic E-state index is 13.6. The van der Waals surface area contributed by atoms with Gasteiger partial charge in [-0.15, -0.1) is 0 Å². The number of carbonyl (C=O) groups is 2. The number of hydrogen-bond acceptors (Lipinski definition) is 2. The molecule has 2 aromatic rings. The lowest BCUT2D eigenvalue weighted by atomic mass is 9.70. The van der Waals surface area contributed by atoms with Gasteiger partial charge >= 0.3 is 0 Å². The molecule has 5 heteroatoms. The predicted molar refractivity (Wildman–Crippen MR) is 86.9 cm³/mol. The molecule has 124 valence electrons. The van der Waals surface area contributed by atoms with Crippen molar-refractivity contribution in [3.8, 4) is 0 Å². The zero-order chi connectivity index (χ0) is 17.5. The van der Waals surface area contributed by atoms with E-state index in [9.17, 15) is 18.4 Å². The second-order valence-corrected chi connectivity index (χ2v) is 5.91. The second kappa shape index (κ2) is 5.82. The topological polar surface area (TPSA) is 37.4 Å². The first-order valence-corrected chi connectivity index (χ1v) is 7.89. The summed E-state index contributed by atoms with van der Waals surface area (Å²) in [6.45, 7) is 3.75. The van der Waals surface area contributed by atoms with Crippen LogP contribution in [0.5, 0.6) is 0 Å². The van der Waals surface area contributed by atoms with Crippen LogP contribution in [0.25, 0.3) is 0 Å². The molecular formula is C19H17F2NO2. The maximum absolute atomic E-state index is 13.6. The van der Waals surface area contributed by atoms with E-state index in [1.807, 2.05) is 13.8 Å². The minimum atomic E-state index is -0.882. The van der Waals surface area contributed by atoms with Crippen molar-refractivity contribution >= 4 is 17.5 Å². The molecule has 1 aliphatic rings. The first-order chi connectivity index (χ1) is 11.4. The Morgan fingerprint density at radius 2 is 1.54 bits per heavy atom. The van der Waals surface area contributed by atoms with Gasteiger partial charge in [0.2, 0.25) is 5.91 Å². The van der Waals surface area contributed by atoms with E-state index in [4.69, 9.17) is 0 Å². The number of benzene rings is 2. The van der Waals surface area contributed by atoms with Crippen LogP contribution in [0.2, 0.25) is 0 Å². The molecule has 0 saturated carbocycles. The molecule has 2 aromatic carbocycles. The molecule has 0 unspecified atom stereocenters. The van der Waals surface area contributed by atoms with Crippen LogP contribution >= 0.6 is 0 Å². The summed E-state index contributed by atoms with van der Waals surface area (Å²) in [5, 5.41) is 0. The highest BCUT2D eigenvalue weighted by Crippen LogP contribution is 2.41. The molecular weight excluding hydrogens is 312 g/mol. The third kappa shape index (κ3) is 2.23. The number of carbonyl (C=O) groups excluding carboxylic acids is 2. The number of rotatable bonds is 3. The van der Waals surface area contributed by atoms with Gasteiger partial charge in [0.05, 0.1) is 11.1 Å². The molecule has 24 heavy (non-hydrogen) atoms. The molecule has 0 N–H and O–H groups in total. The predicted octanol–water partition coefficient (Wildman–Crippen LogP) is 4.21. The number of amides is 2. The van der Waals surface area contributed by atoms with Crippen LogP contribution in [0, 0.1) is 11.6 Å². The first kappa shape index (κ1) is 16.3. The third-order valence-electron chi connectivity index (χ3n) is 4.80. The Bertz CT molecular complexity index is 808. The zero-order valence-corrected chi connectivity index (χ0v) is 13.5. The largest absolute Gasteiger partial charge is 0.273 e. The molecule has 0 atom stereocenters. The Balaban J connectivity index is 2.26. The van der Waals surface area contributed by atoms with Crippen LogP contribution in [0.3, 0.4) is 0 Å². The number of fused-ring (bicyclic) bond motifs is 1. The molecule has 1 aliphatic heterocycles. The number of imide groups is 1. The molecule has 0 bridgehead atoms. The van der Waals surface area contributed by atoms with Gasteiger partial charge in [-0.3, -0.25) is 9.59 Å². The van der Waals surface area contributed by atoms with Crippen molar-refractivity contribution in [1.82, 2.24) is 0 Å². The van der Waals surface area contributed by atoms with Gasteiger partial charge in [0, 0.05) is 11.6 Å². The highest BCUT2D eigenvalue weighted by Gasteiger charge is 2.48. The van der Waals surface area contributed by atoms with Crippen molar-refractivity contribution in [3.63, 3.8) is 0 Å². The Hall–Kier alpha value is -2.56. The van der Waals surface area contributed by atoms with E-state index in [1.165, 1.54) is 0 Å². The van der Waals surface area contributed by atoms with Crippen LogP contribution in [-0.2, 0) is 10.2 Å². The van der Waals surface area contributed by atoms with Crippen molar-refractivity contribution in [2.24, 2.45) is 0 Å². The molecule has 0 aromatic heterocycles. The fourth-order valence-electron chi connectivity index (χ4n) is 3.47. The van der Waals surface area contributed by atoms with Gasteiger partial charge in [0.15, 0.2) is 0 Å². The summed E-state index contributed by atoms with van der Waals surface area (Å²) in [7, 11) is 0. The van der Waals surface area contributed by atoms with Crippen molar-refractivity contribution < 1.29 is 18.4 Å². The summed E-state index contributed by atoms with van der Waals surface area (Å²) in [5.74, 6) is -2.66. The number of halogens is 2. The molecule has 3 rings (SSSR count). The van der Waals surface area contributed by atoms with Gasteiger partial charge in [0.25, 0.3) is 5.91 Å². The van der Waals surface area contributed by atoms with Crippen LogP contribution < -0.4 is 4.90 Å².